The van der Waals surface area contributed by atoms with Crippen molar-refractivity contribution in [2.24, 2.45) is 7.05 Å². The van der Waals surface area contributed by atoms with Crippen LogP contribution in [0.4, 0.5) is 0 Å². The highest BCUT2D eigenvalue weighted by Crippen LogP contribution is 2.37. The van der Waals surface area contributed by atoms with Gasteiger partial charge < -0.3 is 9.55 Å². The molecular weight excluding hydrogens is 689 g/mol. The van der Waals surface area contributed by atoms with Crippen LogP contribution < -0.4 is 0 Å². The first-order valence-electron chi connectivity index (χ1n) is 20.4. The van der Waals surface area contributed by atoms with E-state index in [0.29, 0.717) is 34.6 Å². The lowest BCUT2D eigenvalue weighted by Crippen LogP contribution is -1.92. The van der Waals surface area contributed by atoms with E-state index in [9.17, 15) is 0 Å². The molecule has 0 spiro atoms. The number of H-pyrrole nitrogens is 1. The van der Waals surface area contributed by atoms with Crippen molar-refractivity contribution in [3.05, 3.63) is 97.1 Å². The minimum Gasteiger partial charge on any atom is -0.324 e. The molecule has 8 bridgehead atoms. The predicted molar refractivity (Wildman–Crippen MR) is 247 cm³/mol. The average molecular weight is 755 g/mol. The number of benzene rings is 4. The Bertz CT molecular complexity index is 2240. The van der Waals surface area contributed by atoms with Crippen LogP contribution in [0, 0.1) is 0 Å². The third kappa shape index (κ3) is 9.54. The highest BCUT2D eigenvalue weighted by Gasteiger charge is 2.22. The minimum atomic E-state index is 0. The van der Waals surface area contributed by atoms with Crippen LogP contribution >= 0.6 is 0 Å². The molecule has 56 heavy (non-hydrogen) atoms. The van der Waals surface area contributed by atoms with E-state index in [4.69, 9.17) is 29.9 Å². The number of aromatic amines is 1. The lowest BCUT2D eigenvalue weighted by molar-refractivity contribution is 0.967. The van der Waals surface area contributed by atoms with Gasteiger partial charge in [-0.25, -0.2) is 29.9 Å². The van der Waals surface area contributed by atoms with E-state index in [1.54, 1.807) is 0 Å². The fraction of sp³-hybridized carbons (Fsp3) is 0.333. The highest BCUT2D eigenvalue weighted by molar-refractivity contribution is 6.06. The van der Waals surface area contributed by atoms with Gasteiger partial charge in [0.1, 0.15) is 22.6 Å². The monoisotopic (exact) mass is 755 g/mol. The van der Waals surface area contributed by atoms with Crippen LogP contribution in [0.15, 0.2) is 97.1 Å². The highest BCUT2D eigenvalue weighted by atomic mass is 15.1. The van der Waals surface area contributed by atoms with Crippen molar-refractivity contribution in [1.29, 1.82) is 0 Å². The first-order chi connectivity index (χ1) is 27.2. The van der Waals surface area contributed by atoms with Gasteiger partial charge in [-0.1, -0.05) is 201 Å². The van der Waals surface area contributed by atoms with Crippen molar-refractivity contribution in [3.63, 3.8) is 0 Å². The molecule has 0 atom stereocenters. The molecule has 0 saturated carbocycles. The predicted octanol–water partition coefficient (Wildman–Crippen LogP) is 14.7. The standard InChI is InChI=1S/C33H20N8.7C2H6.CH4/c1-41-32-24-16-8-9-17-25(24)33(41)40-31-23-15-7-5-13-21(23)29(38-31)36-27-19-11-3-2-10-18(19)26(34-27)35-28-20-12-4-6-14-22(20)30(37-28)39-32;7*1-2;/h2-17H,1H3,(H,34,35,36,37,38,39,40);7*1-2H3;1H4. The molecule has 4 aromatic carbocycles. The van der Waals surface area contributed by atoms with Gasteiger partial charge in [0.15, 0.2) is 23.3 Å². The molecule has 2 aliphatic heterocycles. The van der Waals surface area contributed by atoms with E-state index in [1.807, 2.05) is 193 Å². The second kappa shape index (κ2) is 24.6. The number of nitrogens with zero attached hydrogens (tertiary/aromatic N) is 7. The zero-order valence-electron chi connectivity index (χ0n) is 35.9. The van der Waals surface area contributed by atoms with Crippen molar-refractivity contribution in [3.8, 4) is 45.6 Å². The van der Waals surface area contributed by atoms with Gasteiger partial charge >= 0.3 is 0 Å². The summed E-state index contributed by atoms with van der Waals surface area (Å²) in [6.45, 7) is 28.0. The molecule has 1 N–H and O–H groups in total. The van der Waals surface area contributed by atoms with Crippen molar-refractivity contribution in [2.75, 3.05) is 0 Å². The van der Waals surface area contributed by atoms with Gasteiger partial charge in [0.05, 0.1) is 0 Å². The molecule has 3 aromatic heterocycles. The van der Waals surface area contributed by atoms with Crippen LogP contribution in [0.1, 0.15) is 104 Å². The maximum atomic E-state index is 5.13. The molecule has 0 fully saturated rings. The Hall–Kier alpha value is -5.76. The third-order valence-corrected chi connectivity index (χ3v) is 7.82. The molecule has 0 aliphatic carbocycles. The number of aryl methyl sites for hydroxylation is 1. The summed E-state index contributed by atoms with van der Waals surface area (Å²) < 4.78 is 2.02. The number of aromatic nitrogens is 8. The van der Waals surface area contributed by atoms with E-state index in [0.717, 1.165) is 55.1 Å². The summed E-state index contributed by atoms with van der Waals surface area (Å²) in [6, 6.07) is 32.4. The van der Waals surface area contributed by atoms with Gasteiger partial charge in [-0.3, -0.25) is 0 Å². The van der Waals surface area contributed by atoms with Crippen molar-refractivity contribution < 1.29 is 0 Å². The Morgan fingerprint density at radius 3 is 0.893 bits per heavy atom. The van der Waals surface area contributed by atoms with E-state index < -0.39 is 0 Å². The number of nitrogens with one attached hydrogen (secondary N) is 1. The fourth-order valence-corrected chi connectivity index (χ4v) is 5.87. The molecule has 8 heteroatoms. The van der Waals surface area contributed by atoms with Gasteiger partial charge in [-0.05, 0) is 0 Å². The van der Waals surface area contributed by atoms with Crippen LogP contribution in [0.25, 0.3) is 89.7 Å². The largest absolute Gasteiger partial charge is 0.324 e. The summed E-state index contributed by atoms with van der Waals surface area (Å²) in [7, 11) is 1.99. The van der Waals surface area contributed by atoms with Gasteiger partial charge in [0.2, 0.25) is 0 Å². The summed E-state index contributed by atoms with van der Waals surface area (Å²) >= 11 is 0. The van der Waals surface area contributed by atoms with E-state index in [-0.39, 0.29) is 7.43 Å². The first-order valence-corrected chi connectivity index (χ1v) is 20.4. The maximum Gasteiger partial charge on any atom is 0.164 e. The molecule has 2 aliphatic rings. The summed E-state index contributed by atoms with van der Waals surface area (Å²) in [5.74, 6) is 2.44. The van der Waals surface area contributed by atoms with Crippen LogP contribution in [0.5, 0.6) is 0 Å². The Morgan fingerprint density at radius 1 is 0.339 bits per heavy atom. The van der Waals surface area contributed by atoms with Gasteiger partial charge in [0.25, 0.3) is 0 Å². The topological polar surface area (TPSA) is 98.1 Å². The van der Waals surface area contributed by atoms with Crippen molar-refractivity contribution in [1.82, 2.24) is 39.5 Å². The van der Waals surface area contributed by atoms with Gasteiger partial charge in [-0.2, -0.15) is 0 Å². The zero-order valence-corrected chi connectivity index (χ0v) is 35.9. The van der Waals surface area contributed by atoms with E-state index in [1.165, 1.54) is 0 Å². The molecule has 5 heterocycles. The summed E-state index contributed by atoms with van der Waals surface area (Å²) in [5.41, 5.74) is 6.67. The number of rotatable bonds is 0. The van der Waals surface area contributed by atoms with Crippen LogP contribution in [0.3, 0.4) is 0 Å². The zero-order chi connectivity index (χ0) is 41.1. The lowest BCUT2D eigenvalue weighted by atomic mass is 10.1. The first kappa shape index (κ1) is 48.3. The van der Waals surface area contributed by atoms with Crippen LogP contribution in [0.2, 0.25) is 0 Å². The minimum absolute atomic E-state index is 0. The van der Waals surface area contributed by atoms with Gasteiger partial charge in [0, 0.05) is 50.8 Å². The molecule has 0 saturated heterocycles. The Balaban J connectivity index is 0.000000951. The quantitative estimate of drug-likeness (QED) is 0.165. The molecule has 7 aromatic rings. The Morgan fingerprint density at radius 2 is 0.589 bits per heavy atom. The third-order valence-electron chi connectivity index (χ3n) is 7.82. The average Bonchev–Trinajstić information content (AvgIpc) is 4.00. The number of hydrogen-bond donors (Lipinski definition) is 1. The van der Waals surface area contributed by atoms with Gasteiger partial charge in [-0.15, -0.1) is 0 Å². The lowest BCUT2D eigenvalue weighted by Gasteiger charge is -1.98. The maximum absolute atomic E-state index is 5.13. The normalized spacial score (nSPS) is 9.55. The summed E-state index contributed by atoms with van der Waals surface area (Å²) in [4.78, 5) is 33.7. The fourth-order valence-electron chi connectivity index (χ4n) is 5.87. The second-order valence-electron chi connectivity index (χ2n) is 10.2. The molecular formula is C48H66N8. The molecule has 0 unspecified atom stereocenters. The molecule has 298 valence electrons. The summed E-state index contributed by atoms with van der Waals surface area (Å²) in [5, 5.41) is 3.90. The van der Waals surface area contributed by atoms with Crippen LogP contribution in [-0.4, -0.2) is 39.5 Å². The molecule has 0 amide bonds. The Labute approximate surface area is 336 Å². The van der Waals surface area contributed by atoms with Crippen LogP contribution in [-0.2, 0) is 7.05 Å². The summed E-state index contributed by atoms with van der Waals surface area (Å²) in [6.07, 6.45) is 0. The Kier molecular flexibility index (Phi) is 21.2. The molecule has 8 nitrogen and oxygen atoms in total. The second-order valence-corrected chi connectivity index (χ2v) is 10.2. The molecule has 0 radical (unpaired) electrons. The smallest absolute Gasteiger partial charge is 0.164 e. The molecule has 9 rings (SSSR count). The van der Waals surface area contributed by atoms with Crippen molar-refractivity contribution >= 4 is 44.1 Å². The number of hydrogen-bond acceptors (Lipinski definition) is 6. The van der Waals surface area contributed by atoms with E-state index in [2.05, 4.69) is 17.1 Å². The van der Waals surface area contributed by atoms with E-state index >= 15 is 0 Å². The SMILES string of the molecule is C.CC.CC.CC.CC.CC.CC.CC.Cn1c2nc3nc(nc4[nH]c(nc5nc(nc1c1ccccc12)-c1ccccc1-5)c1ccccc41)-c1ccccc1-3. The van der Waals surface area contributed by atoms with Crippen molar-refractivity contribution in [2.45, 2.75) is 104 Å². The number of fused-ring (bicyclic) bond motifs is 20.